The Morgan fingerprint density at radius 2 is 2.40 bits per heavy atom. The van der Waals surface area contributed by atoms with Gasteiger partial charge in [-0.2, -0.15) is 0 Å². The van der Waals surface area contributed by atoms with E-state index in [1.54, 1.807) is 0 Å². The van der Waals surface area contributed by atoms with E-state index in [0.29, 0.717) is 6.10 Å². The Kier molecular flexibility index (Phi) is 3.12. The van der Waals surface area contributed by atoms with Gasteiger partial charge in [-0.3, -0.25) is 10.4 Å². The van der Waals surface area contributed by atoms with Crippen molar-refractivity contribution in [3.63, 3.8) is 0 Å². The predicted molar refractivity (Wildman–Crippen MR) is 40.7 cm³/mol. The third kappa shape index (κ3) is 2.64. The fourth-order valence-corrected chi connectivity index (χ4v) is 1.09. The maximum atomic E-state index is 5.41. The van der Waals surface area contributed by atoms with Gasteiger partial charge in [0.15, 0.2) is 0 Å². The van der Waals surface area contributed by atoms with Crippen LogP contribution in [0, 0.1) is 0 Å². The zero-order valence-corrected chi connectivity index (χ0v) is 6.76. The Morgan fingerprint density at radius 3 is 2.90 bits per heavy atom. The molecule has 0 saturated carbocycles. The first-order valence-electron chi connectivity index (χ1n) is 3.81. The smallest absolute Gasteiger partial charge is 0.0714 e. The number of hydrogen-bond acceptors (Lipinski definition) is 3. The average molecular weight is 144 g/mol. The lowest BCUT2D eigenvalue weighted by molar-refractivity contribution is 0.0927. The molecule has 0 aromatic carbocycles. The van der Waals surface area contributed by atoms with E-state index < -0.39 is 0 Å². The third-order valence-corrected chi connectivity index (χ3v) is 1.66. The molecule has 0 spiro atoms. The molecule has 1 aliphatic rings. The van der Waals surface area contributed by atoms with Crippen molar-refractivity contribution >= 4 is 0 Å². The number of nitrogens with zero attached hydrogens (tertiary/aromatic N) is 1. The summed E-state index contributed by atoms with van der Waals surface area (Å²) in [5, 5.41) is 1.96. The van der Waals surface area contributed by atoms with Crippen molar-refractivity contribution < 1.29 is 4.74 Å². The highest BCUT2D eigenvalue weighted by Gasteiger charge is 2.14. The Labute approximate surface area is 62.3 Å². The molecule has 1 heterocycles. The molecule has 1 atom stereocenters. The zero-order valence-electron chi connectivity index (χ0n) is 6.76. The van der Waals surface area contributed by atoms with Crippen molar-refractivity contribution in [2.75, 3.05) is 27.2 Å². The van der Waals surface area contributed by atoms with Gasteiger partial charge in [-0.15, -0.1) is 0 Å². The molecule has 60 valence electrons. The molecule has 1 unspecified atom stereocenters. The van der Waals surface area contributed by atoms with Gasteiger partial charge >= 0.3 is 0 Å². The molecular formula is C7H16N2O. The lowest BCUT2D eigenvalue weighted by Crippen LogP contribution is -2.36. The zero-order chi connectivity index (χ0) is 7.40. The van der Waals surface area contributed by atoms with Gasteiger partial charge in [0.25, 0.3) is 0 Å². The number of nitrogens with one attached hydrogen (secondary N) is 1. The average Bonchev–Trinajstić information content (AvgIpc) is 2.34. The number of hydrogen-bond donors (Lipinski definition) is 1. The molecule has 3 heteroatoms. The van der Waals surface area contributed by atoms with Gasteiger partial charge in [-0.05, 0) is 12.8 Å². The highest BCUT2D eigenvalue weighted by atomic mass is 16.5. The van der Waals surface area contributed by atoms with Crippen LogP contribution in [0.25, 0.3) is 0 Å². The van der Waals surface area contributed by atoms with E-state index in [9.17, 15) is 0 Å². The van der Waals surface area contributed by atoms with E-state index in [-0.39, 0.29) is 0 Å². The van der Waals surface area contributed by atoms with Gasteiger partial charge in [-0.25, -0.2) is 0 Å². The second-order valence-electron chi connectivity index (χ2n) is 2.89. The van der Waals surface area contributed by atoms with E-state index in [4.69, 9.17) is 4.74 Å². The molecule has 3 nitrogen and oxygen atoms in total. The lowest BCUT2D eigenvalue weighted by atomic mass is 10.2. The van der Waals surface area contributed by atoms with Crippen molar-refractivity contribution in [3.05, 3.63) is 0 Å². The maximum Gasteiger partial charge on any atom is 0.0714 e. The monoisotopic (exact) mass is 144 g/mol. The minimum Gasteiger partial charge on any atom is -0.377 e. The van der Waals surface area contributed by atoms with Gasteiger partial charge in [0.1, 0.15) is 0 Å². The van der Waals surface area contributed by atoms with Gasteiger partial charge in [0.05, 0.1) is 6.10 Å². The minimum absolute atomic E-state index is 0.447. The maximum absolute atomic E-state index is 5.41. The first-order chi connectivity index (χ1) is 4.79. The van der Waals surface area contributed by atoms with E-state index in [1.165, 1.54) is 12.8 Å². The first kappa shape index (κ1) is 7.98. The quantitative estimate of drug-likeness (QED) is 0.574. The molecule has 1 rings (SSSR count). The highest BCUT2D eigenvalue weighted by molar-refractivity contribution is 4.65. The van der Waals surface area contributed by atoms with Crippen molar-refractivity contribution in [3.8, 4) is 0 Å². The van der Waals surface area contributed by atoms with E-state index in [2.05, 4.69) is 5.43 Å². The lowest BCUT2D eigenvalue weighted by Gasteiger charge is -2.15. The van der Waals surface area contributed by atoms with Crippen molar-refractivity contribution in [2.24, 2.45) is 0 Å². The fraction of sp³-hybridized carbons (Fsp3) is 1.00. The molecule has 1 fully saturated rings. The molecule has 1 aliphatic heterocycles. The molecule has 10 heavy (non-hydrogen) atoms. The summed E-state index contributed by atoms with van der Waals surface area (Å²) in [6.45, 7) is 1.90. The number of ether oxygens (including phenoxy) is 1. The summed E-state index contributed by atoms with van der Waals surface area (Å²) in [5.74, 6) is 0. The predicted octanol–water partition coefficient (Wildman–Crippen LogP) is 0.232. The molecule has 0 aromatic rings. The summed E-state index contributed by atoms with van der Waals surface area (Å²) in [7, 11) is 3.99. The van der Waals surface area contributed by atoms with Crippen LogP contribution >= 0.6 is 0 Å². The molecular weight excluding hydrogens is 128 g/mol. The van der Waals surface area contributed by atoms with Crippen LogP contribution < -0.4 is 5.43 Å². The Bertz CT molecular complexity index is 89.6. The second kappa shape index (κ2) is 3.91. The van der Waals surface area contributed by atoms with Crippen LogP contribution in [0.15, 0.2) is 0 Å². The van der Waals surface area contributed by atoms with Gasteiger partial charge in [0, 0.05) is 27.2 Å². The van der Waals surface area contributed by atoms with Crippen LogP contribution in [0.2, 0.25) is 0 Å². The highest BCUT2D eigenvalue weighted by Crippen LogP contribution is 2.10. The van der Waals surface area contributed by atoms with Crippen molar-refractivity contribution in [2.45, 2.75) is 18.9 Å². The molecule has 0 amide bonds. The van der Waals surface area contributed by atoms with Gasteiger partial charge in [0.2, 0.25) is 0 Å². The van der Waals surface area contributed by atoms with Crippen LogP contribution in [0.1, 0.15) is 12.8 Å². The van der Waals surface area contributed by atoms with Crippen molar-refractivity contribution in [1.29, 1.82) is 0 Å². The molecule has 0 aromatic heterocycles. The SMILES string of the molecule is CN(C)NCC1CCCO1. The van der Waals surface area contributed by atoms with Crippen molar-refractivity contribution in [1.82, 2.24) is 10.4 Å². The number of rotatable bonds is 3. The largest absolute Gasteiger partial charge is 0.377 e. The topological polar surface area (TPSA) is 24.5 Å². The summed E-state index contributed by atoms with van der Waals surface area (Å²) in [6.07, 6.45) is 2.88. The minimum atomic E-state index is 0.447. The van der Waals surface area contributed by atoms with E-state index in [0.717, 1.165) is 13.2 Å². The summed E-state index contributed by atoms with van der Waals surface area (Å²) >= 11 is 0. The van der Waals surface area contributed by atoms with Crippen LogP contribution in [0.3, 0.4) is 0 Å². The number of hydrazine groups is 1. The summed E-state index contributed by atoms with van der Waals surface area (Å²) in [6, 6.07) is 0. The Morgan fingerprint density at radius 1 is 1.60 bits per heavy atom. The standard InChI is InChI=1S/C7H16N2O/c1-9(2)8-6-7-4-3-5-10-7/h7-8H,3-6H2,1-2H3. The van der Waals surface area contributed by atoms with E-state index in [1.807, 2.05) is 19.1 Å². The van der Waals surface area contributed by atoms with Crippen LogP contribution in [-0.2, 0) is 4.74 Å². The van der Waals surface area contributed by atoms with Crippen LogP contribution in [0.5, 0.6) is 0 Å². The summed E-state index contributed by atoms with van der Waals surface area (Å²) in [5.41, 5.74) is 3.20. The fourth-order valence-electron chi connectivity index (χ4n) is 1.09. The second-order valence-corrected chi connectivity index (χ2v) is 2.89. The first-order valence-corrected chi connectivity index (χ1v) is 3.81. The van der Waals surface area contributed by atoms with Crippen LogP contribution in [0.4, 0.5) is 0 Å². The van der Waals surface area contributed by atoms with E-state index >= 15 is 0 Å². The summed E-state index contributed by atoms with van der Waals surface area (Å²) in [4.78, 5) is 0. The van der Waals surface area contributed by atoms with Crippen LogP contribution in [-0.4, -0.2) is 38.4 Å². The van der Waals surface area contributed by atoms with Gasteiger partial charge < -0.3 is 4.74 Å². The molecule has 1 N–H and O–H groups in total. The molecule has 0 radical (unpaired) electrons. The Hall–Kier alpha value is -0.120. The third-order valence-electron chi connectivity index (χ3n) is 1.66. The molecule has 1 saturated heterocycles. The van der Waals surface area contributed by atoms with Gasteiger partial charge in [-0.1, -0.05) is 0 Å². The summed E-state index contributed by atoms with van der Waals surface area (Å²) < 4.78 is 5.41. The molecule has 0 bridgehead atoms. The normalized spacial score (nSPS) is 26.1. The Balaban J connectivity index is 2.01. The molecule has 0 aliphatic carbocycles.